The first kappa shape index (κ1) is 14.2. The SMILES string of the molecule is CC(O)CCN(C)c1ccc(C(N)=S)cc1Cl. The Hall–Kier alpha value is -0.840. The number of halogens is 1. The van der Waals surface area contributed by atoms with Gasteiger partial charge in [-0.05, 0) is 31.5 Å². The van der Waals surface area contributed by atoms with Crippen LogP contribution >= 0.6 is 23.8 Å². The summed E-state index contributed by atoms with van der Waals surface area (Å²) in [5.41, 5.74) is 7.20. The molecule has 94 valence electrons. The lowest BCUT2D eigenvalue weighted by Crippen LogP contribution is -2.22. The normalized spacial score (nSPS) is 12.2. The minimum atomic E-state index is -0.313. The number of hydrogen-bond acceptors (Lipinski definition) is 3. The maximum Gasteiger partial charge on any atom is 0.104 e. The van der Waals surface area contributed by atoms with E-state index in [1.807, 2.05) is 24.1 Å². The van der Waals surface area contributed by atoms with Gasteiger partial charge in [-0.1, -0.05) is 23.8 Å². The van der Waals surface area contributed by atoms with Gasteiger partial charge in [0.1, 0.15) is 4.99 Å². The molecule has 0 radical (unpaired) electrons. The number of benzene rings is 1. The standard InChI is InChI=1S/C12H17ClN2OS/c1-8(16)5-6-15(2)11-4-3-9(12(14)17)7-10(11)13/h3-4,7-8,16H,5-6H2,1-2H3,(H2,14,17). The van der Waals surface area contributed by atoms with Crippen molar-refractivity contribution in [3.05, 3.63) is 28.8 Å². The van der Waals surface area contributed by atoms with E-state index >= 15 is 0 Å². The zero-order chi connectivity index (χ0) is 13.0. The van der Waals surface area contributed by atoms with Gasteiger partial charge in [-0.2, -0.15) is 0 Å². The van der Waals surface area contributed by atoms with E-state index in [0.29, 0.717) is 16.4 Å². The highest BCUT2D eigenvalue weighted by molar-refractivity contribution is 7.80. The van der Waals surface area contributed by atoms with E-state index in [1.54, 1.807) is 13.0 Å². The average Bonchev–Trinajstić information content (AvgIpc) is 2.25. The van der Waals surface area contributed by atoms with Gasteiger partial charge in [0.2, 0.25) is 0 Å². The summed E-state index contributed by atoms with van der Waals surface area (Å²) in [6.45, 7) is 2.51. The molecule has 1 aromatic rings. The highest BCUT2D eigenvalue weighted by Crippen LogP contribution is 2.26. The Kier molecular flexibility index (Phi) is 5.18. The first-order valence-corrected chi connectivity index (χ1v) is 6.19. The number of nitrogens with two attached hydrogens (primary N) is 1. The molecular weight excluding hydrogens is 256 g/mol. The van der Waals surface area contributed by atoms with Gasteiger partial charge in [-0.15, -0.1) is 0 Å². The number of aliphatic hydroxyl groups excluding tert-OH is 1. The number of thiocarbonyl (C=S) groups is 1. The zero-order valence-corrected chi connectivity index (χ0v) is 11.6. The summed E-state index contributed by atoms with van der Waals surface area (Å²) in [5.74, 6) is 0. The van der Waals surface area contributed by atoms with Crippen LogP contribution < -0.4 is 10.6 Å². The third-order valence-electron chi connectivity index (χ3n) is 2.53. The molecule has 0 aliphatic carbocycles. The van der Waals surface area contributed by atoms with Gasteiger partial charge in [-0.25, -0.2) is 0 Å². The quantitative estimate of drug-likeness (QED) is 0.807. The third-order valence-corrected chi connectivity index (χ3v) is 3.06. The smallest absolute Gasteiger partial charge is 0.104 e. The largest absolute Gasteiger partial charge is 0.393 e. The van der Waals surface area contributed by atoms with Crippen molar-refractivity contribution in [2.75, 3.05) is 18.5 Å². The molecule has 0 saturated heterocycles. The van der Waals surface area contributed by atoms with E-state index < -0.39 is 0 Å². The number of hydrogen-bond donors (Lipinski definition) is 2. The Balaban J connectivity index is 2.81. The summed E-state index contributed by atoms with van der Waals surface area (Å²) in [4.78, 5) is 2.34. The van der Waals surface area contributed by atoms with E-state index in [-0.39, 0.29) is 6.10 Å². The topological polar surface area (TPSA) is 49.5 Å². The maximum absolute atomic E-state index is 9.24. The van der Waals surface area contributed by atoms with Crippen LogP contribution in [-0.2, 0) is 0 Å². The average molecular weight is 273 g/mol. The molecule has 0 spiro atoms. The van der Waals surface area contributed by atoms with Crippen molar-refractivity contribution in [3.63, 3.8) is 0 Å². The van der Waals surface area contributed by atoms with Crippen LogP contribution in [0.3, 0.4) is 0 Å². The van der Waals surface area contributed by atoms with Gasteiger partial charge < -0.3 is 15.7 Å². The molecule has 0 amide bonds. The number of anilines is 1. The van der Waals surface area contributed by atoms with Crippen molar-refractivity contribution in [2.45, 2.75) is 19.4 Å². The molecule has 1 unspecified atom stereocenters. The monoisotopic (exact) mass is 272 g/mol. The second kappa shape index (κ2) is 6.19. The van der Waals surface area contributed by atoms with Crippen molar-refractivity contribution in [2.24, 2.45) is 5.73 Å². The fourth-order valence-corrected chi connectivity index (χ4v) is 1.92. The van der Waals surface area contributed by atoms with Gasteiger partial charge >= 0.3 is 0 Å². The van der Waals surface area contributed by atoms with Crippen molar-refractivity contribution in [1.29, 1.82) is 0 Å². The van der Waals surface area contributed by atoms with Crippen LogP contribution in [0.15, 0.2) is 18.2 Å². The van der Waals surface area contributed by atoms with Gasteiger partial charge in [-0.3, -0.25) is 0 Å². The minimum absolute atomic E-state index is 0.313. The van der Waals surface area contributed by atoms with Crippen LogP contribution in [0, 0.1) is 0 Å². The Morgan fingerprint density at radius 1 is 1.59 bits per heavy atom. The molecule has 1 rings (SSSR count). The van der Waals surface area contributed by atoms with Crippen LogP contribution in [-0.4, -0.2) is 29.8 Å². The Labute approximate surface area is 112 Å². The maximum atomic E-state index is 9.24. The predicted octanol–water partition coefficient (Wildman–Crippen LogP) is 2.18. The lowest BCUT2D eigenvalue weighted by molar-refractivity contribution is 0.187. The highest BCUT2D eigenvalue weighted by atomic mass is 35.5. The Bertz CT molecular complexity index is 409. The van der Waals surface area contributed by atoms with Gasteiger partial charge in [0, 0.05) is 19.2 Å². The molecule has 0 aromatic heterocycles. The summed E-state index contributed by atoms with van der Waals surface area (Å²) in [6.07, 6.45) is 0.385. The molecule has 0 heterocycles. The highest BCUT2D eigenvalue weighted by Gasteiger charge is 2.08. The summed E-state index contributed by atoms with van der Waals surface area (Å²) in [5, 5.41) is 9.86. The molecule has 3 nitrogen and oxygen atoms in total. The first-order valence-electron chi connectivity index (χ1n) is 5.40. The van der Waals surface area contributed by atoms with Gasteiger partial charge in [0.05, 0.1) is 16.8 Å². The van der Waals surface area contributed by atoms with E-state index in [0.717, 1.165) is 17.8 Å². The van der Waals surface area contributed by atoms with E-state index in [1.165, 1.54) is 0 Å². The van der Waals surface area contributed by atoms with Crippen molar-refractivity contribution in [3.8, 4) is 0 Å². The van der Waals surface area contributed by atoms with Gasteiger partial charge in [0.15, 0.2) is 0 Å². The van der Waals surface area contributed by atoms with Crippen molar-refractivity contribution >= 4 is 34.5 Å². The molecule has 0 saturated carbocycles. The van der Waals surface area contributed by atoms with Gasteiger partial charge in [0.25, 0.3) is 0 Å². The molecule has 17 heavy (non-hydrogen) atoms. The second-order valence-electron chi connectivity index (χ2n) is 4.09. The second-order valence-corrected chi connectivity index (χ2v) is 4.94. The molecule has 5 heteroatoms. The molecule has 1 aromatic carbocycles. The molecule has 3 N–H and O–H groups in total. The van der Waals surface area contributed by atoms with Crippen molar-refractivity contribution in [1.82, 2.24) is 0 Å². The molecule has 1 atom stereocenters. The number of aliphatic hydroxyl groups is 1. The van der Waals surface area contributed by atoms with Crippen LogP contribution in [0.1, 0.15) is 18.9 Å². The molecule has 0 aliphatic heterocycles. The minimum Gasteiger partial charge on any atom is -0.393 e. The number of nitrogens with zero attached hydrogens (tertiary/aromatic N) is 1. The van der Waals surface area contributed by atoms with Crippen LogP contribution in [0.25, 0.3) is 0 Å². The Morgan fingerprint density at radius 3 is 2.71 bits per heavy atom. The molecule has 0 fully saturated rings. The van der Waals surface area contributed by atoms with Crippen LogP contribution in [0.5, 0.6) is 0 Å². The fourth-order valence-electron chi connectivity index (χ4n) is 1.47. The van der Waals surface area contributed by atoms with Crippen molar-refractivity contribution < 1.29 is 5.11 Å². The van der Waals surface area contributed by atoms with E-state index in [4.69, 9.17) is 29.6 Å². The summed E-state index contributed by atoms with van der Waals surface area (Å²) in [6, 6.07) is 5.50. The van der Waals surface area contributed by atoms with Crippen LogP contribution in [0.2, 0.25) is 5.02 Å². The van der Waals surface area contributed by atoms with Crippen LogP contribution in [0.4, 0.5) is 5.69 Å². The number of rotatable bonds is 5. The molecule has 0 aliphatic rings. The molecular formula is C12H17ClN2OS. The van der Waals surface area contributed by atoms with E-state index in [2.05, 4.69) is 0 Å². The fraction of sp³-hybridized carbons (Fsp3) is 0.417. The predicted molar refractivity (Wildman–Crippen MR) is 76.9 cm³/mol. The first-order chi connectivity index (χ1) is 7.91. The Morgan fingerprint density at radius 2 is 2.24 bits per heavy atom. The summed E-state index contributed by atoms with van der Waals surface area (Å²) < 4.78 is 0. The summed E-state index contributed by atoms with van der Waals surface area (Å²) >= 11 is 11.1. The lowest BCUT2D eigenvalue weighted by Gasteiger charge is -2.21. The summed E-state index contributed by atoms with van der Waals surface area (Å²) in [7, 11) is 1.93. The zero-order valence-electron chi connectivity index (χ0n) is 9.98. The van der Waals surface area contributed by atoms with E-state index in [9.17, 15) is 5.11 Å². The molecule has 0 bridgehead atoms. The lowest BCUT2D eigenvalue weighted by atomic mass is 10.2. The third kappa shape index (κ3) is 4.15.